The average molecular weight is 311 g/mol. The van der Waals surface area contributed by atoms with Crippen molar-refractivity contribution in [3.8, 4) is 0 Å². The number of hydrogen-bond donors (Lipinski definition) is 2. The van der Waals surface area contributed by atoms with Crippen LogP contribution in [-0.2, 0) is 13.1 Å². The van der Waals surface area contributed by atoms with Crippen LogP contribution in [0.5, 0.6) is 0 Å². The Kier molecular flexibility index (Phi) is 11.8. The standard InChI is InChI=1S/C12H18N8.ClH/c13-19-17-7-5-15-9-11-1-2-12(4-3-11)10-16-6-8-18-20-14;/h1-4,15-16H,5-10H2;1H. The van der Waals surface area contributed by atoms with Crippen LogP contribution in [0, 0.1) is 0 Å². The van der Waals surface area contributed by atoms with Gasteiger partial charge in [0, 0.05) is 49.1 Å². The molecule has 0 atom stereocenters. The predicted octanol–water partition coefficient (Wildman–Crippen LogP) is 2.91. The zero-order chi connectivity index (χ0) is 14.5. The number of hydrogen-bond acceptors (Lipinski definition) is 4. The number of azide groups is 2. The second kappa shape index (κ2) is 13.1. The number of nitrogens with zero attached hydrogens (tertiary/aromatic N) is 6. The minimum absolute atomic E-state index is 0. The molecule has 2 N–H and O–H groups in total. The highest BCUT2D eigenvalue weighted by molar-refractivity contribution is 5.85. The van der Waals surface area contributed by atoms with Crippen LogP contribution in [0.15, 0.2) is 34.5 Å². The smallest absolute Gasteiger partial charge is 0.0383 e. The summed E-state index contributed by atoms with van der Waals surface area (Å²) in [4.78, 5) is 5.38. The summed E-state index contributed by atoms with van der Waals surface area (Å²) in [5.74, 6) is 0. The Balaban J connectivity index is 0.00000400. The fourth-order valence-corrected chi connectivity index (χ4v) is 1.59. The molecule has 21 heavy (non-hydrogen) atoms. The summed E-state index contributed by atoms with van der Waals surface area (Å²) in [5, 5.41) is 13.3. The molecule has 0 heterocycles. The predicted molar refractivity (Wildman–Crippen MR) is 85.1 cm³/mol. The van der Waals surface area contributed by atoms with Gasteiger partial charge in [-0.1, -0.05) is 34.5 Å². The molecule has 0 aromatic heterocycles. The lowest BCUT2D eigenvalue weighted by Gasteiger charge is -2.06. The maximum absolute atomic E-state index is 8.13. The van der Waals surface area contributed by atoms with E-state index in [9.17, 15) is 0 Å². The SMILES string of the molecule is Cl.[N-]=[N+]=NCCNCc1ccc(CNCCN=[N+]=[N-])cc1. The van der Waals surface area contributed by atoms with Gasteiger partial charge in [-0.25, -0.2) is 0 Å². The van der Waals surface area contributed by atoms with Crippen LogP contribution in [0.2, 0.25) is 0 Å². The van der Waals surface area contributed by atoms with Gasteiger partial charge in [-0.3, -0.25) is 0 Å². The van der Waals surface area contributed by atoms with Crippen molar-refractivity contribution in [1.29, 1.82) is 0 Å². The molecule has 0 saturated heterocycles. The zero-order valence-electron chi connectivity index (χ0n) is 11.6. The minimum atomic E-state index is 0. The van der Waals surface area contributed by atoms with Crippen molar-refractivity contribution >= 4 is 12.4 Å². The third-order valence-corrected chi connectivity index (χ3v) is 2.58. The van der Waals surface area contributed by atoms with E-state index >= 15 is 0 Å². The summed E-state index contributed by atoms with van der Waals surface area (Å²) in [6.45, 7) is 3.78. The van der Waals surface area contributed by atoms with E-state index in [1.807, 2.05) is 0 Å². The van der Waals surface area contributed by atoms with Crippen molar-refractivity contribution in [2.75, 3.05) is 26.2 Å². The normalized spacial score (nSPS) is 9.14. The first-order valence-corrected chi connectivity index (χ1v) is 6.38. The molecule has 114 valence electrons. The summed E-state index contributed by atoms with van der Waals surface area (Å²) >= 11 is 0. The molecule has 1 aromatic carbocycles. The van der Waals surface area contributed by atoms with Gasteiger partial charge in [-0.05, 0) is 22.2 Å². The van der Waals surface area contributed by atoms with Crippen LogP contribution in [0.3, 0.4) is 0 Å². The first-order valence-electron chi connectivity index (χ1n) is 6.38. The summed E-state index contributed by atoms with van der Waals surface area (Å²) in [5.41, 5.74) is 18.6. The van der Waals surface area contributed by atoms with Gasteiger partial charge < -0.3 is 10.6 Å². The molecule has 0 unspecified atom stereocenters. The second-order valence-electron chi connectivity index (χ2n) is 4.08. The largest absolute Gasteiger partial charge is 0.313 e. The maximum atomic E-state index is 8.13. The van der Waals surface area contributed by atoms with Crippen LogP contribution in [0.25, 0.3) is 20.9 Å². The minimum Gasteiger partial charge on any atom is -0.313 e. The maximum Gasteiger partial charge on any atom is 0.0383 e. The second-order valence-corrected chi connectivity index (χ2v) is 4.08. The van der Waals surface area contributed by atoms with Crippen molar-refractivity contribution in [1.82, 2.24) is 10.6 Å². The van der Waals surface area contributed by atoms with Gasteiger partial charge >= 0.3 is 0 Å². The van der Waals surface area contributed by atoms with E-state index in [0.717, 1.165) is 13.1 Å². The molecule has 8 nitrogen and oxygen atoms in total. The molecule has 1 rings (SSSR count). The van der Waals surface area contributed by atoms with Gasteiger partial charge in [0.1, 0.15) is 0 Å². The first-order chi connectivity index (χ1) is 9.86. The molecule has 0 saturated carbocycles. The van der Waals surface area contributed by atoms with Crippen LogP contribution in [0.4, 0.5) is 0 Å². The van der Waals surface area contributed by atoms with E-state index < -0.39 is 0 Å². The Morgan fingerprint density at radius 2 is 1.19 bits per heavy atom. The highest BCUT2D eigenvalue weighted by atomic mass is 35.5. The summed E-state index contributed by atoms with van der Waals surface area (Å²) in [6.07, 6.45) is 0. The van der Waals surface area contributed by atoms with Gasteiger partial charge in [-0.2, -0.15) is 0 Å². The van der Waals surface area contributed by atoms with Crippen molar-refractivity contribution in [2.45, 2.75) is 13.1 Å². The quantitative estimate of drug-likeness (QED) is 0.299. The van der Waals surface area contributed by atoms with Gasteiger partial charge in [-0.15, -0.1) is 12.4 Å². The van der Waals surface area contributed by atoms with Crippen molar-refractivity contribution in [3.05, 3.63) is 56.3 Å². The van der Waals surface area contributed by atoms with E-state index in [4.69, 9.17) is 11.1 Å². The Hall–Kier alpha value is -1.95. The monoisotopic (exact) mass is 310 g/mol. The van der Waals surface area contributed by atoms with Gasteiger partial charge in [0.2, 0.25) is 0 Å². The lowest BCUT2D eigenvalue weighted by molar-refractivity contribution is 0.686. The Labute approximate surface area is 129 Å². The van der Waals surface area contributed by atoms with Gasteiger partial charge in [0.25, 0.3) is 0 Å². The van der Waals surface area contributed by atoms with E-state index in [-0.39, 0.29) is 12.4 Å². The first kappa shape index (κ1) is 19.1. The fourth-order valence-electron chi connectivity index (χ4n) is 1.59. The number of benzene rings is 1. The molecule has 0 spiro atoms. The molecule has 0 aliphatic carbocycles. The van der Waals surface area contributed by atoms with Crippen LogP contribution in [0.1, 0.15) is 11.1 Å². The fraction of sp³-hybridized carbons (Fsp3) is 0.500. The molecule has 9 heteroatoms. The van der Waals surface area contributed by atoms with Gasteiger partial charge in [0.15, 0.2) is 0 Å². The van der Waals surface area contributed by atoms with E-state index in [1.54, 1.807) is 0 Å². The number of halogens is 1. The van der Waals surface area contributed by atoms with E-state index in [2.05, 4.69) is 55.0 Å². The molecule has 0 fully saturated rings. The topological polar surface area (TPSA) is 122 Å². The Morgan fingerprint density at radius 1 is 0.810 bits per heavy atom. The molecule has 0 radical (unpaired) electrons. The summed E-state index contributed by atoms with van der Waals surface area (Å²) < 4.78 is 0. The number of rotatable bonds is 10. The third kappa shape index (κ3) is 9.56. The molecular weight excluding hydrogens is 292 g/mol. The Morgan fingerprint density at radius 3 is 1.52 bits per heavy atom. The van der Waals surface area contributed by atoms with E-state index in [1.165, 1.54) is 11.1 Å². The average Bonchev–Trinajstić information content (AvgIpc) is 2.48. The Bertz CT molecular complexity index is 432. The third-order valence-electron chi connectivity index (χ3n) is 2.58. The van der Waals surface area contributed by atoms with Crippen molar-refractivity contribution in [3.63, 3.8) is 0 Å². The summed E-state index contributed by atoms with van der Waals surface area (Å²) in [6, 6.07) is 8.24. The lowest BCUT2D eigenvalue weighted by atomic mass is 10.1. The van der Waals surface area contributed by atoms with Gasteiger partial charge in [0.05, 0.1) is 0 Å². The van der Waals surface area contributed by atoms with Crippen molar-refractivity contribution < 1.29 is 0 Å². The molecule has 0 amide bonds. The number of nitrogens with one attached hydrogen (secondary N) is 2. The van der Waals surface area contributed by atoms with Crippen LogP contribution in [-0.4, -0.2) is 26.2 Å². The van der Waals surface area contributed by atoms with Crippen LogP contribution < -0.4 is 10.6 Å². The highest BCUT2D eigenvalue weighted by Gasteiger charge is 1.95. The molecule has 0 aliphatic rings. The van der Waals surface area contributed by atoms with Crippen molar-refractivity contribution in [2.24, 2.45) is 10.2 Å². The lowest BCUT2D eigenvalue weighted by Crippen LogP contribution is -2.17. The molecule has 0 bridgehead atoms. The molecule has 0 aliphatic heterocycles. The van der Waals surface area contributed by atoms with Crippen LogP contribution >= 0.6 is 12.4 Å². The molecular formula is C12H19ClN8. The van der Waals surface area contributed by atoms with E-state index in [0.29, 0.717) is 26.2 Å². The molecule has 1 aromatic rings. The zero-order valence-corrected chi connectivity index (χ0v) is 12.5. The summed E-state index contributed by atoms with van der Waals surface area (Å²) in [7, 11) is 0. The highest BCUT2D eigenvalue weighted by Crippen LogP contribution is 2.03.